The number of benzene rings is 2. The van der Waals surface area contributed by atoms with Crippen molar-refractivity contribution in [2.45, 2.75) is 13.3 Å². The number of hydrogen-bond acceptors (Lipinski definition) is 5. The normalized spacial score (nSPS) is 11.0. The Morgan fingerprint density at radius 3 is 2.19 bits per heavy atom. The summed E-state index contributed by atoms with van der Waals surface area (Å²) in [4.78, 5) is 4.24. The summed E-state index contributed by atoms with van der Waals surface area (Å²) in [7, 11) is -3.31. The molecule has 0 saturated carbocycles. The SMILES string of the molecule is CCCS(=O)(=O)Nc1ccc(Nc2ccc(Oc3ccccc3)cc2)nc1. The van der Waals surface area contributed by atoms with Gasteiger partial charge < -0.3 is 10.1 Å². The second kappa shape index (κ2) is 8.55. The first-order valence-corrected chi connectivity index (χ1v) is 10.3. The molecular weight excluding hydrogens is 362 g/mol. The van der Waals surface area contributed by atoms with E-state index in [2.05, 4.69) is 15.0 Å². The van der Waals surface area contributed by atoms with Gasteiger partial charge in [0.1, 0.15) is 17.3 Å². The molecule has 7 heteroatoms. The van der Waals surface area contributed by atoms with Crippen LogP contribution < -0.4 is 14.8 Å². The van der Waals surface area contributed by atoms with Crippen LogP contribution in [0.3, 0.4) is 0 Å². The van der Waals surface area contributed by atoms with Crippen LogP contribution in [-0.4, -0.2) is 19.2 Å². The zero-order valence-electron chi connectivity index (χ0n) is 14.9. The molecule has 0 saturated heterocycles. The molecular formula is C20H21N3O3S. The van der Waals surface area contributed by atoms with Gasteiger partial charge in [0.15, 0.2) is 0 Å². The Balaban J connectivity index is 1.60. The molecule has 0 amide bonds. The molecule has 0 bridgehead atoms. The molecule has 0 aliphatic heterocycles. The van der Waals surface area contributed by atoms with Gasteiger partial charge in [0, 0.05) is 5.69 Å². The van der Waals surface area contributed by atoms with Gasteiger partial charge in [0.25, 0.3) is 0 Å². The van der Waals surface area contributed by atoms with Gasteiger partial charge in [-0.3, -0.25) is 4.72 Å². The van der Waals surface area contributed by atoms with E-state index in [9.17, 15) is 8.42 Å². The third-order valence-corrected chi connectivity index (χ3v) is 5.11. The average Bonchev–Trinajstić information content (AvgIpc) is 2.65. The highest BCUT2D eigenvalue weighted by molar-refractivity contribution is 7.92. The van der Waals surface area contributed by atoms with Gasteiger partial charge in [0.2, 0.25) is 10.0 Å². The van der Waals surface area contributed by atoms with Crippen molar-refractivity contribution in [3.63, 3.8) is 0 Å². The summed E-state index contributed by atoms with van der Waals surface area (Å²) in [5.74, 6) is 2.22. The minimum atomic E-state index is -3.31. The molecule has 2 N–H and O–H groups in total. The van der Waals surface area contributed by atoms with E-state index in [1.54, 1.807) is 12.1 Å². The lowest BCUT2D eigenvalue weighted by Gasteiger charge is -2.10. The van der Waals surface area contributed by atoms with Crippen molar-refractivity contribution in [2.24, 2.45) is 0 Å². The summed E-state index contributed by atoms with van der Waals surface area (Å²) >= 11 is 0. The predicted octanol–water partition coefficient (Wildman–Crippen LogP) is 4.77. The van der Waals surface area contributed by atoms with Crippen LogP contribution in [0.4, 0.5) is 17.2 Å². The van der Waals surface area contributed by atoms with Gasteiger partial charge in [-0.25, -0.2) is 13.4 Å². The number of ether oxygens (including phenoxy) is 1. The van der Waals surface area contributed by atoms with Crippen molar-refractivity contribution in [3.8, 4) is 11.5 Å². The topological polar surface area (TPSA) is 80.3 Å². The number of hydrogen-bond donors (Lipinski definition) is 2. The average molecular weight is 383 g/mol. The van der Waals surface area contributed by atoms with Gasteiger partial charge in [-0.15, -0.1) is 0 Å². The zero-order chi connectivity index (χ0) is 19.1. The van der Waals surface area contributed by atoms with Crippen LogP contribution in [-0.2, 0) is 10.0 Å². The van der Waals surface area contributed by atoms with Gasteiger partial charge in [-0.05, 0) is 55.0 Å². The van der Waals surface area contributed by atoms with Crippen LogP contribution in [0.15, 0.2) is 72.9 Å². The molecule has 3 rings (SSSR count). The van der Waals surface area contributed by atoms with E-state index < -0.39 is 10.0 Å². The molecule has 0 unspecified atom stereocenters. The Bertz CT molecular complexity index is 958. The maximum atomic E-state index is 11.8. The Hall–Kier alpha value is -3.06. The highest BCUT2D eigenvalue weighted by Crippen LogP contribution is 2.24. The molecule has 1 aromatic heterocycles. The monoisotopic (exact) mass is 383 g/mol. The first-order valence-electron chi connectivity index (χ1n) is 8.60. The van der Waals surface area contributed by atoms with Crippen molar-refractivity contribution in [2.75, 3.05) is 15.8 Å². The molecule has 3 aromatic rings. The minimum absolute atomic E-state index is 0.0877. The van der Waals surface area contributed by atoms with Crippen LogP contribution in [0.25, 0.3) is 0 Å². The van der Waals surface area contributed by atoms with E-state index in [4.69, 9.17) is 4.74 Å². The third kappa shape index (κ3) is 5.72. The maximum absolute atomic E-state index is 11.8. The molecule has 0 aliphatic rings. The second-order valence-corrected chi connectivity index (χ2v) is 7.76. The first-order chi connectivity index (χ1) is 13.0. The van der Waals surface area contributed by atoms with E-state index in [1.165, 1.54) is 6.20 Å². The molecule has 1 heterocycles. The van der Waals surface area contributed by atoms with Gasteiger partial charge in [-0.2, -0.15) is 0 Å². The lowest BCUT2D eigenvalue weighted by molar-refractivity contribution is 0.483. The Kier molecular flexibility index (Phi) is 5.93. The summed E-state index contributed by atoms with van der Waals surface area (Å²) in [6.45, 7) is 1.82. The van der Waals surface area contributed by atoms with Gasteiger partial charge in [0.05, 0.1) is 17.6 Å². The van der Waals surface area contributed by atoms with E-state index >= 15 is 0 Å². The van der Waals surface area contributed by atoms with Crippen molar-refractivity contribution in [3.05, 3.63) is 72.9 Å². The summed E-state index contributed by atoms with van der Waals surface area (Å²) in [6.07, 6.45) is 2.05. The van der Waals surface area contributed by atoms with E-state index in [0.29, 0.717) is 17.9 Å². The number of para-hydroxylation sites is 1. The summed E-state index contributed by atoms with van der Waals surface area (Å²) in [5.41, 5.74) is 1.29. The van der Waals surface area contributed by atoms with E-state index in [1.807, 2.05) is 61.5 Å². The van der Waals surface area contributed by atoms with Crippen LogP contribution in [0.1, 0.15) is 13.3 Å². The molecule has 0 spiro atoms. The van der Waals surface area contributed by atoms with Crippen LogP contribution in [0.2, 0.25) is 0 Å². The van der Waals surface area contributed by atoms with Crippen molar-refractivity contribution in [1.29, 1.82) is 0 Å². The molecule has 6 nitrogen and oxygen atoms in total. The van der Waals surface area contributed by atoms with Crippen LogP contribution >= 0.6 is 0 Å². The van der Waals surface area contributed by atoms with E-state index in [-0.39, 0.29) is 5.75 Å². The van der Waals surface area contributed by atoms with Crippen molar-refractivity contribution >= 4 is 27.2 Å². The molecule has 0 fully saturated rings. The zero-order valence-corrected chi connectivity index (χ0v) is 15.7. The highest BCUT2D eigenvalue weighted by Gasteiger charge is 2.08. The molecule has 27 heavy (non-hydrogen) atoms. The molecule has 0 radical (unpaired) electrons. The van der Waals surface area contributed by atoms with Crippen molar-refractivity contribution in [1.82, 2.24) is 4.98 Å². The van der Waals surface area contributed by atoms with Crippen molar-refractivity contribution < 1.29 is 13.2 Å². The Labute approximate surface area is 159 Å². The molecule has 140 valence electrons. The smallest absolute Gasteiger partial charge is 0.232 e. The number of aromatic nitrogens is 1. The third-order valence-electron chi connectivity index (χ3n) is 3.62. The number of rotatable bonds is 8. The second-order valence-electron chi connectivity index (χ2n) is 5.92. The lowest BCUT2D eigenvalue weighted by Crippen LogP contribution is -2.16. The summed E-state index contributed by atoms with van der Waals surface area (Å²) < 4.78 is 31.8. The quantitative estimate of drug-likeness (QED) is 0.586. The number of anilines is 3. The molecule has 0 atom stereocenters. The number of nitrogens with one attached hydrogen (secondary N) is 2. The minimum Gasteiger partial charge on any atom is -0.457 e. The molecule has 2 aromatic carbocycles. The van der Waals surface area contributed by atoms with Crippen LogP contribution in [0, 0.1) is 0 Å². The van der Waals surface area contributed by atoms with Gasteiger partial charge >= 0.3 is 0 Å². The fourth-order valence-corrected chi connectivity index (χ4v) is 3.53. The number of pyridine rings is 1. The summed E-state index contributed by atoms with van der Waals surface area (Å²) in [5, 5.41) is 3.17. The fourth-order valence-electron chi connectivity index (χ4n) is 2.41. The van der Waals surface area contributed by atoms with Crippen LogP contribution in [0.5, 0.6) is 11.5 Å². The largest absolute Gasteiger partial charge is 0.457 e. The molecule has 0 aliphatic carbocycles. The Morgan fingerprint density at radius 1 is 0.889 bits per heavy atom. The van der Waals surface area contributed by atoms with Gasteiger partial charge in [-0.1, -0.05) is 25.1 Å². The van der Waals surface area contributed by atoms with E-state index in [0.717, 1.165) is 17.2 Å². The predicted molar refractivity (Wildman–Crippen MR) is 108 cm³/mol. The highest BCUT2D eigenvalue weighted by atomic mass is 32.2. The fraction of sp³-hybridized carbons (Fsp3) is 0.150. The number of sulfonamides is 1. The standard InChI is InChI=1S/C20H21N3O3S/c1-2-14-27(24,25)23-17-10-13-20(21-15-17)22-16-8-11-19(12-9-16)26-18-6-4-3-5-7-18/h3-13,15,23H,2,14H2,1H3,(H,21,22). The Morgan fingerprint density at radius 2 is 1.56 bits per heavy atom. The maximum Gasteiger partial charge on any atom is 0.232 e. The summed E-state index contributed by atoms with van der Waals surface area (Å²) in [6, 6.07) is 20.5. The first kappa shape index (κ1) is 18.7. The lowest BCUT2D eigenvalue weighted by atomic mass is 10.3. The number of nitrogens with zero attached hydrogens (tertiary/aromatic N) is 1.